The van der Waals surface area contributed by atoms with Crippen LogP contribution >= 0.6 is 12.6 Å². The van der Waals surface area contributed by atoms with Gasteiger partial charge in [-0.25, -0.2) is 0 Å². The Morgan fingerprint density at radius 2 is 2.00 bits per heavy atom. The van der Waals surface area contributed by atoms with E-state index in [2.05, 4.69) is 38.6 Å². The van der Waals surface area contributed by atoms with Crippen LogP contribution in [0.3, 0.4) is 0 Å². The number of hydrogen-bond acceptors (Lipinski definition) is 3. The van der Waals surface area contributed by atoms with E-state index in [9.17, 15) is 0 Å². The Hall–Kier alpha value is -0.830. The van der Waals surface area contributed by atoms with Gasteiger partial charge >= 0.3 is 0 Å². The predicted molar refractivity (Wildman–Crippen MR) is 82.7 cm³/mol. The maximum absolute atomic E-state index is 5.99. The molecule has 0 fully saturated rings. The van der Waals surface area contributed by atoms with Crippen molar-refractivity contribution in [2.75, 3.05) is 12.4 Å². The molecule has 2 rings (SSSR count). The molecule has 19 heavy (non-hydrogen) atoms. The van der Waals surface area contributed by atoms with E-state index < -0.39 is 0 Å². The third-order valence-electron chi connectivity index (χ3n) is 3.36. The average molecular weight is 280 g/mol. The minimum Gasteiger partial charge on any atom is -0.490 e. The molecule has 106 valence electrons. The Labute approximate surface area is 121 Å². The molecule has 0 unspecified atom stereocenters. The van der Waals surface area contributed by atoms with E-state index in [0.29, 0.717) is 0 Å². The summed E-state index contributed by atoms with van der Waals surface area (Å²) in [6, 6.07) is 6.19. The lowest BCUT2D eigenvalue weighted by Gasteiger charge is -2.18. The molecule has 0 saturated heterocycles. The highest BCUT2D eigenvalue weighted by molar-refractivity contribution is 7.80. The summed E-state index contributed by atoms with van der Waals surface area (Å²) in [5.74, 6) is 2.83. The average Bonchev–Trinajstić information content (AvgIpc) is 2.68. The molecule has 3 heteroatoms. The van der Waals surface area contributed by atoms with Crippen molar-refractivity contribution in [1.82, 2.24) is 0 Å². The Morgan fingerprint density at radius 1 is 1.21 bits per heavy atom. The fourth-order valence-corrected chi connectivity index (χ4v) is 2.67. The number of benzene rings is 1. The molecule has 0 saturated carbocycles. The van der Waals surface area contributed by atoms with Crippen molar-refractivity contribution in [2.45, 2.75) is 51.6 Å². The molecule has 0 spiro atoms. The number of rotatable bonds is 7. The quantitative estimate of drug-likeness (QED) is 0.594. The molecule has 1 aromatic rings. The molecule has 1 aliphatic heterocycles. The van der Waals surface area contributed by atoms with Gasteiger partial charge in [0.2, 0.25) is 0 Å². The highest BCUT2D eigenvalue weighted by Gasteiger charge is 2.32. The van der Waals surface area contributed by atoms with Gasteiger partial charge in [0.05, 0.1) is 6.61 Å². The predicted octanol–water partition coefficient (Wildman–Crippen LogP) is 4.27. The van der Waals surface area contributed by atoms with E-state index >= 15 is 0 Å². The van der Waals surface area contributed by atoms with Crippen LogP contribution in [0.15, 0.2) is 18.2 Å². The van der Waals surface area contributed by atoms with Crippen LogP contribution in [0.4, 0.5) is 0 Å². The number of fused-ring (bicyclic) bond motifs is 1. The van der Waals surface area contributed by atoms with Gasteiger partial charge in [0.25, 0.3) is 0 Å². The molecule has 0 aliphatic carbocycles. The normalized spacial score (nSPS) is 15.9. The second-order valence-corrected chi connectivity index (χ2v) is 6.22. The van der Waals surface area contributed by atoms with E-state index in [-0.39, 0.29) is 5.60 Å². The van der Waals surface area contributed by atoms with E-state index in [1.165, 1.54) is 24.8 Å². The fourth-order valence-electron chi connectivity index (χ4n) is 2.45. The van der Waals surface area contributed by atoms with Gasteiger partial charge in [-0.15, -0.1) is 0 Å². The smallest absolute Gasteiger partial charge is 0.165 e. The van der Waals surface area contributed by atoms with Crippen LogP contribution in [0, 0.1) is 0 Å². The molecule has 1 aliphatic rings. The summed E-state index contributed by atoms with van der Waals surface area (Å²) in [5.41, 5.74) is 1.16. The largest absolute Gasteiger partial charge is 0.490 e. The second kappa shape index (κ2) is 6.56. The number of thiol groups is 1. The van der Waals surface area contributed by atoms with E-state index in [1.807, 2.05) is 6.07 Å². The summed E-state index contributed by atoms with van der Waals surface area (Å²) in [4.78, 5) is 0. The van der Waals surface area contributed by atoms with Crippen LogP contribution in [-0.2, 0) is 6.42 Å². The molecular formula is C16H24O2S. The second-order valence-electron chi connectivity index (χ2n) is 5.77. The topological polar surface area (TPSA) is 18.5 Å². The molecule has 2 nitrogen and oxygen atoms in total. The van der Waals surface area contributed by atoms with Crippen molar-refractivity contribution in [3.05, 3.63) is 23.8 Å². The Bertz CT molecular complexity index is 415. The first-order valence-corrected chi connectivity index (χ1v) is 7.80. The summed E-state index contributed by atoms with van der Waals surface area (Å²) in [6.45, 7) is 5.01. The molecule has 1 aromatic carbocycles. The van der Waals surface area contributed by atoms with Crippen LogP contribution in [0.2, 0.25) is 0 Å². The van der Waals surface area contributed by atoms with Gasteiger partial charge in [-0.05, 0) is 38.5 Å². The first-order valence-electron chi connectivity index (χ1n) is 7.17. The highest BCUT2D eigenvalue weighted by atomic mass is 32.1. The molecule has 0 aromatic heterocycles. The van der Waals surface area contributed by atoms with Crippen molar-refractivity contribution in [3.63, 3.8) is 0 Å². The van der Waals surface area contributed by atoms with Gasteiger partial charge < -0.3 is 9.47 Å². The van der Waals surface area contributed by atoms with Crippen LogP contribution < -0.4 is 9.47 Å². The number of ether oxygens (including phenoxy) is 2. The summed E-state index contributed by atoms with van der Waals surface area (Å²) in [7, 11) is 0. The van der Waals surface area contributed by atoms with Crippen LogP contribution in [0.1, 0.15) is 45.1 Å². The number of unbranched alkanes of at least 4 members (excludes halogenated alkanes) is 3. The zero-order valence-electron chi connectivity index (χ0n) is 11.9. The standard InChI is InChI=1S/C16H24O2S/c1-16(2)12-13-8-7-9-14(15(13)18-16)17-10-5-3-4-6-11-19/h7-9,19H,3-6,10-12H2,1-2H3. The van der Waals surface area contributed by atoms with Gasteiger partial charge in [0, 0.05) is 12.0 Å². The minimum atomic E-state index is -0.103. The lowest BCUT2D eigenvalue weighted by atomic mass is 10.0. The molecule has 0 atom stereocenters. The minimum absolute atomic E-state index is 0.103. The van der Waals surface area contributed by atoms with Gasteiger partial charge in [-0.2, -0.15) is 12.6 Å². The third kappa shape index (κ3) is 4.07. The molecular weight excluding hydrogens is 256 g/mol. The van der Waals surface area contributed by atoms with Crippen molar-refractivity contribution in [1.29, 1.82) is 0 Å². The van der Waals surface area contributed by atoms with Gasteiger partial charge in [-0.3, -0.25) is 0 Å². The van der Waals surface area contributed by atoms with Crippen LogP contribution in [0.5, 0.6) is 11.5 Å². The van der Waals surface area contributed by atoms with Gasteiger partial charge in [0.15, 0.2) is 11.5 Å². The highest BCUT2D eigenvalue weighted by Crippen LogP contribution is 2.41. The van der Waals surface area contributed by atoms with Crippen molar-refractivity contribution < 1.29 is 9.47 Å². The summed E-state index contributed by atoms with van der Waals surface area (Å²) in [5, 5.41) is 0. The molecule has 0 radical (unpaired) electrons. The Kier molecular flexibility index (Phi) is 5.03. The molecule has 0 N–H and O–H groups in total. The summed E-state index contributed by atoms with van der Waals surface area (Å²) >= 11 is 4.22. The zero-order valence-corrected chi connectivity index (χ0v) is 12.8. The Balaban J connectivity index is 1.84. The fraction of sp³-hybridized carbons (Fsp3) is 0.625. The maximum atomic E-state index is 5.99. The molecule has 1 heterocycles. The molecule has 0 amide bonds. The van der Waals surface area contributed by atoms with Gasteiger partial charge in [0.1, 0.15) is 5.60 Å². The SMILES string of the molecule is CC1(C)Cc2cccc(OCCCCCCS)c2O1. The molecule has 0 bridgehead atoms. The van der Waals surface area contributed by atoms with Crippen molar-refractivity contribution in [2.24, 2.45) is 0 Å². The maximum Gasteiger partial charge on any atom is 0.165 e. The summed E-state index contributed by atoms with van der Waals surface area (Å²) < 4.78 is 11.9. The van der Waals surface area contributed by atoms with Crippen LogP contribution in [0.25, 0.3) is 0 Å². The summed E-state index contributed by atoms with van der Waals surface area (Å²) in [6.07, 6.45) is 5.70. The Morgan fingerprint density at radius 3 is 2.79 bits per heavy atom. The third-order valence-corrected chi connectivity index (χ3v) is 3.68. The zero-order chi connectivity index (χ0) is 13.7. The van der Waals surface area contributed by atoms with E-state index in [1.54, 1.807) is 0 Å². The van der Waals surface area contributed by atoms with Gasteiger partial charge in [-0.1, -0.05) is 25.0 Å². The first kappa shape index (κ1) is 14.6. The lowest BCUT2D eigenvalue weighted by Crippen LogP contribution is -2.24. The van der Waals surface area contributed by atoms with Crippen LogP contribution in [-0.4, -0.2) is 18.0 Å². The monoisotopic (exact) mass is 280 g/mol. The lowest BCUT2D eigenvalue weighted by molar-refractivity contribution is 0.132. The number of para-hydroxylation sites is 1. The van der Waals surface area contributed by atoms with E-state index in [4.69, 9.17) is 9.47 Å². The van der Waals surface area contributed by atoms with E-state index in [0.717, 1.165) is 36.7 Å². The first-order chi connectivity index (χ1) is 9.12. The number of hydrogen-bond donors (Lipinski definition) is 1. The van der Waals surface area contributed by atoms with Crippen molar-refractivity contribution in [3.8, 4) is 11.5 Å². The van der Waals surface area contributed by atoms with Crippen molar-refractivity contribution >= 4 is 12.6 Å².